The van der Waals surface area contributed by atoms with Gasteiger partial charge in [0.25, 0.3) is 0 Å². The molecule has 1 unspecified atom stereocenters. The molecule has 1 aromatic rings. The molecule has 1 saturated heterocycles. The average Bonchev–Trinajstić information content (AvgIpc) is 3.27. The lowest BCUT2D eigenvalue weighted by Gasteiger charge is -2.32. The number of nitrogens with zero attached hydrogens (tertiary/aromatic N) is 1. The summed E-state index contributed by atoms with van der Waals surface area (Å²) in [5, 5.41) is 3.50. The van der Waals surface area contributed by atoms with E-state index >= 15 is 0 Å². The van der Waals surface area contributed by atoms with Gasteiger partial charge in [-0.1, -0.05) is 18.2 Å². The SMILES string of the molecule is COc1ccccc1C(C1CC1)N1CCCNCC1. The fraction of sp³-hybridized carbons (Fsp3) is 0.625. The van der Waals surface area contributed by atoms with Gasteiger partial charge in [-0.25, -0.2) is 0 Å². The number of methoxy groups -OCH3 is 1. The van der Waals surface area contributed by atoms with Gasteiger partial charge in [-0.15, -0.1) is 0 Å². The van der Waals surface area contributed by atoms with Gasteiger partial charge in [0.15, 0.2) is 0 Å². The van der Waals surface area contributed by atoms with Crippen LogP contribution < -0.4 is 10.1 Å². The zero-order valence-electron chi connectivity index (χ0n) is 11.8. The van der Waals surface area contributed by atoms with Crippen LogP contribution in [0, 0.1) is 5.92 Å². The Hall–Kier alpha value is -1.06. The summed E-state index contributed by atoms with van der Waals surface area (Å²) in [5.41, 5.74) is 1.38. The molecular weight excluding hydrogens is 236 g/mol. The Morgan fingerprint density at radius 3 is 2.84 bits per heavy atom. The Balaban J connectivity index is 1.87. The van der Waals surface area contributed by atoms with E-state index in [-0.39, 0.29) is 0 Å². The molecule has 0 bridgehead atoms. The van der Waals surface area contributed by atoms with Crippen LogP contribution in [-0.4, -0.2) is 38.2 Å². The summed E-state index contributed by atoms with van der Waals surface area (Å²) in [6.07, 6.45) is 3.98. The van der Waals surface area contributed by atoms with Crippen molar-refractivity contribution in [2.24, 2.45) is 5.92 Å². The molecule has 1 aliphatic heterocycles. The van der Waals surface area contributed by atoms with Gasteiger partial charge in [0.2, 0.25) is 0 Å². The summed E-state index contributed by atoms with van der Waals surface area (Å²) in [5.74, 6) is 1.88. The molecule has 2 fully saturated rings. The highest BCUT2D eigenvalue weighted by atomic mass is 16.5. The molecule has 1 aliphatic carbocycles. The maximum absolute atomic E-state index is 5.58. The molecular formula is C16H24N2O. The van der Waals surface area contributed by atoms with Crippen LogP contribution in [0.4, 0.5) is 0 Å². The number of hydrogen-bond acceptors (Lipinski definition) is 3. The van der Waals surface area contributed by atoms with Gasteiger partial charge >= 0.3 is 0 Å². The van der Waals surface area contributed by atoms with Crippen molar-refractivity contribution in [1.29, 1.82) is 0 Å². The molecule has 104 valence electrons. The van der Waals surface area contributed by atoms with E-state index in [1.807, 2.05) is 0 Å². The summed E-state index contributed by atoms with van der Waals surface area (Å²) in [6, 6.07) is 9.11. The number of benzene rings is 1. The molecule has 1 atom stereocenters. The first-order valence-electron chi connectivity index (χ1n) is 7.48. The van der Waals surface area contributed by atoms with E-state index in [0.717, 1.165) is 31.3 Å². The molecule has 0 spiro atoms. The van der Waals surface area contributed by atoms with Crippen LogP contribution in [0.1, 0.15) is 30.9 Å². The molecule has 2 aliphatic rings. The summed E-state index contributed by atoms with van der Waals surface area (Å²) >= 11 is 0. The van der Waals surface area contributed by atoms with Crippen LogP contribution in [0.25, 0.3) is 0 Å². The average molecular weight is 260 g/mol. The van der Waals surface area contributed by atoms with Crippen LogP contribution >= 0.6 is 0 Å². The normalized spacial score (nSPS) is 22.8. The first-order chi connectivity index (χ1) is 9.40. The molecule has 1 saturated carbocycles. The van der Waals surface area contributed by atoms with Gasteiger partial charge in [-0.3, -0.25) is 4.90 Å². The molecule has 19 heavy (non-hydrogen) atoms. The van der Waals surface area contributed by atoms with Crippen molar-refractivity contribution in [3.63, 3.8) is 0 Å². The Kier molecular flexibility index (Phi) is 4.04. The second-order valence-corrected chi connectivity index (χ2v) is 5.66. The van der Waals surface area contributed by atoms with Crippen LogP contribution in [0.15, 0.2) is 24.3 Å². The lowest BCUT2D eigenvalue weighted by Crippen LogP contribution is -2.33. The highest BCUT2D eigenvalue weighted by Crippen LogP contribution is 2.46. The van der Waals surface area contributed by atoms with Gasteiger partial charge in [-0.2, -0.15) is 0 Å². The second-order valence-electron chi connectivity index (χ2n) is 5.66. The Morgan fingerprint density at radius 2 is 2.05 bits per heavy atom. The Bertz CT molecular complexity index is 409. The molecule has 1 N–H and O–H groups in total. The van der Waals surface area contributed by atoms with E-state index in [0.29, 0.717) is 6.04 Å². The van der Waals surface area contributed by atoms with Crippen molar-refractivity contribution in [2.75, 3.05) is 33.3 Å². The molecule has 0 amide bonds. The number of hydrogen-bond donors (Lipinski definition) is 1. The molecule has 3 nitrogen and oxygen atoms in total. The topological polar surface area (TPSA) is 24.5 Å². The monoisotopic (exact) mass is 260 g/mol. The maximum atomic E-state index is 5.58. The van der Waals surface area contributed by atoms with Gasteiger partial charge in [0.1, 0.15) is 5.75 Å². The number of rotatable bonds is 4. The largest absolute Gasteiger partial charge is 0.496 e. The van der Waals surface area contributed by atoms with Gasteiger partial charge in [0.05, 0.1) is 7.11 Å². The highest BCUT2D eigenvalue weighted by molar-refractivity contribution is 5.37. The summed E-state index contributed by atoms with van der Waals surface area (Å²) < 4.78 is 5.58. The highest BCUT2D eigenvalue weighted by Gasteiger charge is 2.37. The quantitative estimate of drug-likeness (QED) is 0.900. The van der Waals surface area contributed by atoms with Crippen LogP contribution in [0.5, 0.6) is 5.75 Å². The Labute approximate surface area is 115 Å². The molecule has 0 radical (unpaired) electrons. The third kappa shape index (κ3) is 2.93. The van der Waals surface area contributed by atoms with Crippen molar-refractivity contribution in [1.82, 2.24) is 10.2 Å². The van der Waals surface area contributed by atoms with E-state index in [4.69, 9.17) is 4.74 Å². The van der Waals surface area contributed by atoms with E-state index in [1.54, 1.807) is 7.11 Å². The fourth-order valence-electron chi connectivity index (χ4n) is 3.22. The van der Waals surface area contributed by atoms with Gasteiger partial charge in [0, 0.05) is 31.2 Å². The number of para-hydroxylation sites is 1. The minimum Gasteiger partial charge on any atom is -0.496 e. The minimum atomic E-state index is 0.552. The third-order valence-electron chi connectivity index (χ3n) is 4.29. The smallest absolute Gasteiger partial charge is 0.123 e. The third-order valence-corrected chi connectivity index (χ3v) is 4.29. The van der Waals surface area contributed by atoms with Crippen LogP contribution in [0.2, 0.25) is 0 Å². The van der Waals surface area contributed by atoms with Crippen molar-refractivity contribution < 1.29 is 4.74 Å². The fourth-order valence-corrected chi connectivity index (χ4v) is 3.22. The van der Waals surface area contributed by atoms with E-state index in [2.05, 4.69) is 34.5 Å². The maximum Gasteiger partial charge on any atom is 0.123 e. The lowest BCUT2D eigenvalue weighted by atomic mass is 9.99. The lowest BCUT2D eigenvalue weighted by molar-refractivity contribution is 0.185. The first kappa shape index (κ1) is 12.9. The van der Waals surface area contributed by atoms with Crippen molar-refractivity contribution in [3.8, 4) is 5.75 Å². The summed E-state index contributed by atoms with van der Waals surface area (Å²) in [7, 11) is 1.78. The van der Waals surface area contributed by atoms with Crippen molar-refractivity contribution >= 4 is 0 Å². The summed E-state index contributed by atoms with van der Waals surface area (Å²) in [4.78, 5) is 2.66. The zero-order chi connectivity index (χ0) is 13.1. The van der Waals surface area contributed by atoms with Gasteiger partial charge in [-0.05, 0) is 37.8 Å². The molecule has 1 heterocycles. The predicted octanol–water partition coefficient (Wildman–Crippen LogP) is 2.44. The second kappa shape index (κ2) is 5.93. The van der Waals surface area contributed by atoms with Crippen molar-refractivity contribution in [2.45, 2.75) is 25.3 Å². The van der Waals surface area contributed by atoms with Crippen LogP contribution in [0.3, 0.4) is 0 Å². The minimum absolute atomic E-state index is 0.552. The van der Waals surface area contributed by atoms with Crippen molar-refractivity contribution in [3.05, 3.63) is 29.8 Å². The van der Waals surface area contributed by atoms with E-state index in [9.17, 15) is 0 Å². The van der Waals surface area contributed by atoms with Crippen LogP contribution in [-0.2, 0) is 0 Å². The molecule has 0 aromatic heterocycles. The Morgan fingerprint density at radius 1 is 1.21 bits per heavy atom. The van der Waals surface area contributed by atoms with Gasteiger partial charge < -0.3 is 10.1 Å². The summed E-state index contributed by atoms with van der Waals surface area (Å²) in [6.45, 7) is 4.61. The number of ether oxygens (including phenoxy) is 1. The molecule has 3 heteroatoms. The number of nitrogens with one attached hydrogen (secondary N) is 1. The van der Waals surface area contributed by atoms with E-state index < -0.39 is 0 Å². The standard InChI is InChI=1S/C16H24N2O/c1-19-15-6-3-2-5-14(15)16(13-7-8-13)18-11-4-9-17-10-12-18/h2-3,5-6,13,16-17H,4,7-12H2,1H3. The first-order valence-corrected chi connectivity index (χ1v) is 7.48. The molecule has 1 aromatic carbocycles. The van der Waals surface area contributed by atoms with E-state index in [1.165, 1.54) is 31.4 Å². The zero-order valence-corrected chi connectivity index (χ0v) is 11.8. The predicted molar refractivity (Wildman–Crippen MR) is 77.5 cm³/mol. The molecule has 3 rings (SSSR count).